The number of ether oxygens (including phenoxy) is 1. The van der Waals surface area contributed by atoms with E-state index in [1.165, 1.54) is 6.33 Å². The Morgan fingerprint density at radius 2 is 2.05 bits per heavy atom. The van der Waals surface area contributed by atoms with Crippen LogP contribution in [0.15, 0.2) is 18.5 Å². The van der Waals surface area contributed by atoms with Gasteiger partial charge in [-0.25, -0.2) is 18.6 Å². The molecule has 1 aromatic carbocycles. The molecule has 4 nitrogen and oxygen atoms in total. The molecule has 1 aromatic heterocycles. The second-order valence-electron chi connectivity index (χ2n) is 4.46. The van der Waals surface area contributed by atoms with Gasteiger partial charge in [-0.05, 0) is 13.3 Å². The van der Waals surface area contributed by atoms with Crippen LogP contribution >= 0.6 is 0 Å². The van der Waals surface area contributed by atoms with Gasteiger partial charge < -0.3 is 9.30 Å². The van der Waals surface area contributed by atoms with Crippen molar-refractivity contribution in [2.24, 2.45) is 0 Å². The third-order valence-electron chi connectivity index (χ3n) is 3.07. The van der Waals surface area contributed by atoms with Crippen LogP contribution in [0.25, 0.3) is 11.0 Å². The summed E-state index contributed by atoms with van der Waals surface area (Å²) < 4.78 is 33.1. The van der Waals surface area contributed by atoms with Crippen molar-refractivity contribution in [3.05, 3.63) is 30.1 Å². The quantitative estimate of drug-likeness (QED) is 0.791. The van der Waals surface area contributed by atoms with Gasteiger partial charge in [-0.1, -0.05) is 13.3 Å². The molecule has 2 rings (SSSR count). The maximum atomic E-state index is 13.4. The predicted octanol–water partition coefficient (Wildman–Crippen LogP) is 3.22. The van der Waals surface area contributed by atoms with Crippen molar-refractivity contribution in [1.29, 1.82) is 0 Å². The molecule has 6 heteroatoms. The first kappa shape index (κ1) is 14.4. The molecule has 0 N–H and O–H groups in total. The standard InChI is InChI=1S/C14H16F2N2O2/c1-3-5-12(14(19)20-4-2)18-8-17-11-6-9(15)10(16)7-13(11)18/h6-8,12H,3-5H2,1-2H3. The number of imidazole rings is 1. The molecule has 2 aromatic rings. The van der Waals surface area contributed by atoms with E-state index in [2.05, 4.69) is 4.98 Å². The Morgan fingerprint density at radius 3 is 2.70 bits per heavy atom. The lowest BCUT2D eigenvalue weighted by atomic mass is 10.1. The normalized spacial score (nSPS) is 12.6. The summed E-state index contributed by atoms with van der Waals surface area (Å²) in [7, 11) is 0. The molecule has 0 aliphatic rings. The Bertz CT molecular complexity index is 625. The molecule has 0 bridgehead atoms. The summed E-state index contributed by atoms with van der Waals surface area (Å²) in [5.41, 5.74) is 0.699. The number of benzene rings is 1. The van der Waals surface area contributed by atoms with Crippen LogP contribution < -0.4 is 0 Å². The summed E-state index contributed by atoms with van der Waals surface area (Å²) in [6.45, 7) is 3.93. The van der Waals surface area contributed by atoms with Crippen molar-refractivity contribution >= 4 is 17.0 Å². The number of aromatic nitrogens is 2. The molecule has 1 atom stereocenters. The van der Waals surface area contributed by atoms with Gasteiger partial charge >= 0.3 is 5.97 Å². The van der Waals surface area contributed by atoms with Crippen LogP contribution in [0.1, 0.15) is 32.7 Å². The Balaban J connectivity index is 2.48. The summed E-state index contributed by atoms with van der Waals surface area (Å²) >= 11 is 0. The van der Waals surface area contributed by atoms with E-state index in [0.29, 0.717) is 17.5 Å². The number of rotatable bonds is 5. The molecule has 0 fully saturated rings. The summed E-state index contributed by atoms with van der Waals surface area (Å²) in [6, 6.07) is 1.50. The third kappa shape index (κ3) is 2.64. The number of fused-ring (bicyclic) bond motifs is 1. The lowest BCUT2D eigenvalue weighted by Crippen LogP contribution is -2.21. The van der Waals surface area contributed by atoms with E-state index in [1.54, 1.807) is 11.5 Å². The van der Waals surface area contributed by atoms with Gasteiger partial charge in [0.2, 0.25) is 0 Å². The zero-order valence-electron chi connectivity index (χ0n) is 11.4. The number of carbonyl (C=O) groups is 1. The highest BCUT2D eigenvalue weighted by molar-refractivity contribution is 5.80. The second kappa shape index (κ2) is 5.98. The van der Waals surface area contributed by atoms with Crippen LogP contribution in [0.4, 0.5) is 8.78 Å². The van der Waals surface area contributed by atoms with Crippen molar-refractivity contribution in [3.63, 3.8) is 0 Å². The molecule has 108 valence electrons. The Morgan fingerprint density at radius 1 is 1.35 bits per heavy atom. The van der Waals surface area contributed by atoms with E-state index < -0.39 is 23.6 Å². The van der Waals surface area contributed by atoms with Gasteiger partial charge in [-0.15, -0.1) is 0 Å². The van der Waals surface area contributed by atoms with Crippen molar-refractivity contribution in [1.82, 2.24) is 9.55 Å². The summed E-state index contributed by atoms with van der Waals surface area (Å²) in [5, 5.41) is 0. The molecular weight excluding hydrogens is 266 g/mol. The zero-order valence-corrected chi connectivity index (χ0v) is 11.4. The molecule has 0 spiro atoms. The molecule has 0 aliphatic carbocycles. The first-order valence-electron chi connectivity index (χ1n) is 6.56. The van der Waals surface area contributed by atoms with Crippen molar-refractivity contribution in [3.8, 4) is 0 Å². The van der Waals surface area contributed by atoms with Gasteiger partial charge in [0.25, 0.3) is 0 Å². The molecule has 0 radical (unpaired) electrons. The summed E-state index contributed by atoms with van der Waals surface area (Å²) in [5.74, 6) is -2.30. The average molecular weight is 282 g/mol. The Hall–Kier alpha value is -1.98. The number of hydrogen-bond acceptors (Lipinski definition) is 3. The SMILES string of the molecule is CCCC(C(=O)OCC)n1cnc2cc(F)c(F)cc21. The minimum atomic E-state index is -0.960. The number of nitrogens with zero attached hydrogens (tertiary/aromatic N) is 2. The number of halogens is 2. The molecule has 0 amide bonds. The highest BCUT2D eigenvalue weighted by Gasteiger charge is 2.23. The smallest absolute Gasteiger partial charge is 0.329 e. The Labute approximate surface area is 115 Å². The van der Waals surface area contributed by atoms with E-state index in [0.717, 1.165) is 18.6 Å². The highest BCUT2D eigenvalue weighted by atomic mass is 19.2. The van der Waals surface area contributed by atoms with Crippen LogP contribution in [0.2, 0.25) is 0 Å². The molecule has 0 aliphatic heterocycles. The third-order valence-corrected chi connectivity index (χ3v) is 3.07. The van der Waals surface area contributed by atoms with Crippen molar-refractivity contribution in [2.75, 3.05) is 6.61 Å². The van der Waals surface area contributed by atoms with Crippen LogP contribution in [0.5, 0.6) is 0 Å². The molecule has 1 unspecified atom stereocenters. The lowest BCUT2D eigenvalue weighted by molar-refractivity contribution is -0.147. The molecule has 0 saturated heterocycles. The number of hydrogen-bond donors (Lipinski definition) is 0. The fourth-order valence-electron chi connectivity index (χ4n) is 2.15. The largest absolute Gasteiger partial charge is 0.464 e. The predicted molar refractivity (Wildman–Crippen MR) is 70.2 cm³/mol. The van der Waals surface area contributed by atoms with Crippen LogP contribution in [0, 0.1) is 11.6 Å². The van der Waals surface area contributed by atoms with Gasteiger partial charge in [0.05, 0.1) is 24.0 Å². The monoisotopic (exact) mass is 282 g/mol. The average Bonchev–Trinajstić information content (AvgIpc) is 2.79. The fraction of sp³-hybridized carbons (Fsp3) is 0.429. The molecule has 1 heterocycles. The van der Waals surface area contributed by atoms with Crippen LogP contribution in [-0.4, -0.2) is 22.1 Å². The first-order valence-corrected chi connectivity index (χ1v) is 6.56. The zero-order chi connectivity index (χ0) is 14.7. The Kier molecular flexibility index (Phi) is 4.32. The van der Waals surface area contributed by atoms with E-state index in [9.17, 15) is 13.6 Å². The molecule has 20 heavy (non-hydrogen) atoms. The topological polar surface area (TPSA) is 44.1 Å². The van der Waals surface area contributed by atoms with Crippen LogP contribution in [-0.2, 0) is 9.53 Å². The maximum Gasteiger partial charge on any atom is 0.329 e. The summed E-state index contributed by atoms with van der Waals surface area (Å²) in [4.78, 5) is 16.0. The fourth-order valence-corrected chi connectivity index (χ4v) is 2.15. The minimum Gasteiger partial charge on any atom is -0.464 e. The van der Waals surface area contributed by atoms with E-state index >= 15 is 0 Å². The van der Waals surface area contributed by atoms with Crippen molar-refractivity contribution < 1.29 is 18.3 Å². The van der Waals surface area contributed by atoms with Gasteiger partial charge in [-0.3, -0.25) is 0 Å². The van der Waals surface area contributed by atoms with E-state index in [-0.39, 0.29) is 6.61 Å². The van der Waals surface area contributed by atoms with Gasteiger partial charge in [0.15, 0.2) is 11.6 Å². The minimum absolute atomic E-state index is 0.272. The first-order chi connectivity index (χ1) is 9.58. The van der Waals surface area contributed by atoms with Crippen LogP contribution in [0.3, 0.4) is 0 Å². The number of carbonyl (C=O) groups excluding carboxylic acids is 1. The molecular formula is C14H16F2N2O2. The summed E-state index contributed by atoms with van der Waals surface area (Å²) in [6.07, 6.45) is 2.72. The highest BCUT2D eigenvalue weighted by Crippen LogP contribution is 2.24. The maximum absolute atomic E-state index is 13.4. The van der Waals surface area contributed by atoms with E-state index in [1.807, 2.05) is 6.92 Å². The second-order valence-corrected chi connectivity index (χ2v) is 4.46. The lowest BCUT2D eigenvalue weighted by Gasteiger charge is -2.17. The van der Waals surface area contributed by atoms with Gasteiger partial charge in [0, 0.05) is 12.1 Å². The van der Waals surface area contributed by atoms with E-state index in [4.69, 9.17) is 4.74 Å². The van der Waals surface area contributed by atoms with Gasteiger partial charge in [-0.2, -0.15) is 0 Å². The molecule has 0 saturated carbocycles. The van der Waals surface area contributed by atoms with Gasteiger partial charge in [0.1, 0.15) is 6.04 Å². The van der Waals surface area contributed by atoms with Crippen molar-refractivity contribution in [2.45, 2.75) is 32.7 Å². The number of esters is 1.